The third-order valence-electron chi connectivity index (χ3n) is 5.80. The normalized spacial score (nSPS) is 21.0. The Morgan fingerprint density at radius 1 is 1.22 bits per heavy atom. The molecule has 0 unspecified atom stereocenters. The van der Waals surface area contributed by atoms with Crippen molar-refractivity contribution in [1.29, 1.82) is 0 Å². The molecule has 0 aromatic heterocycles. The second-order valence-electron chi connectivity index (χ2n) is 9.32. The molecule has 1 aliphatic carbocycles. The van der Waals surface area contributed by atoms with E-state index < -0.39 is 18.3 Å². The van der Waals surface area contributed by atoms with Gasteiger partial charge in [0.25, 0.3) is 0 Å². The van der Waals surface area contributed by atoms with Crippen LogP contribution in [0.25, 0.3) is 0 Å². The van der Waals surface area contributed by atoms with Crippen LogP contribution in [-0.2, 0) is 20.6 Å². The number of nitrogens with zero attached hydrogens (tertiary/aromatic N) is 1. The number of amides is 1. The van der Waals surface area contributed by atoms with Gasteiger partial charge in [0.2, 0.25) is 5.91 Å². The Hall–Kier alpha value is -1.40. The van der Waals surface area contributed by atoms with E-state index in [9.17, 15) is 9.18 Å². The molecule has 3 rings (SSSR count). The standard InChI is InChI=1S/C21H31BFNO3/c1-14(2)12-24(19(25)15-7-8-15)13-16-11-17(23)9-10-18(16)22-26-20(3,4)21(5,6)27-22/h9-11,14-15H,7-8,12-13H2,1-6H3. The average molecular weight is 375 g/mol. The summed E-state index contributed by atoms with van der Waals surface area (Å²) in [5.74, 6) is 0.348. The summed E-state index contributed by atoms with van der Waals surface area (Å²) >= 11 is 0. The highest BCUT2D eigenvalue weighted by molar-refractivity contribution is 6.62. The van der Waals surface area contributed by atoms with Gasteiger partial charge in [0.05, 0.1) is 11.2 Å². The minimum atomic E-state index is -0.567. The molecule has 1 aromatic carbocycles. The lowest BCUT2D eigenvalue weighted by Crippen LogP contribution is -2.41. The highest BCUT2D eigenvalue weighted by atomic mass is 19.1. The molecule has 1 saturated carbocycles. The van der Waals surface area contributed by atoms with Crippen molar-refractivity contribution in [3.8, 4) is 0 Å². The van der Waals surface area contributed by atoms with Gasteiger partial charge in [0.15, 0.2) is 0 Å². The molecule has 1 heterocycles. The van der Waals surface area contributed by atoms with Crippen LogP contribution in [-0.4, -0.2) is 35.7 Å². The minimum absolute atomic E-state index is 0.137. The topological polar surface area (TPSA) is 38.8 Å². The van der Waals surface area contributed by atoms with Crippen LogP contribution >= 0.6 is 0 Å². The molecule has 1 amide bonds. The number of halogens is 1. The monoisotopic (exact) mass is 375 g/mol. The fraction of sp³-hybridized carbons (Fsp3) is 0.667. The number of carbonyl (C=O) groups excluding carboxylic acids is 1. The van der Waals surface area contributed by atoms with Crippen molar-refractivity contribution in [2.75, 3.05) is 6.54 Å². The van der Waals surface area contributed by atoms with Crippen molar-refractivity contribution in [2.45, 2.75) is 72.1 Å². The molecule has 0 bridgehead atoms. The maximum atomic E-state index is 14.0. The van der Waals surface area contributed by atoms with Gasteiger partial charge < -0.3 is 14.2 Å². The zero-order chi connectivity index (χ0) is 20.0. The molecule has 1 aromatic rings. The summed E-state index contributed by atoms with van der Waals surface area (Å²) in [5, 5.41) is 0. The Bertz CT molecular complexity index is 699. The van der Waals surface area contributed by atoms with Gasteiger partial charge >= 0.3 is 7.12 Å². The minimum Gasteiger partial charge on any atom is -0.399 e. The van der Waals surface area contributed by atoms with Crippen LogP contribution in [0, 0.1) is 17.7 Å². The van der Waals surface area contributed by atoms with Crippen molar-refractivity contribution in [3.05, 3.63) is 29.6 Å². The van der Waals surface area contributed by atoms with E-state index in [4.69, 9.17) is 9.31 Å². The van der Waals surface area contributed by atoms with Gasteiger partial charge in [-0.25, -0.2) is 4.39 Å². The summed E-state index contributed by atoms with van der Waals surface area (Å²) in [6, 6.07) is 4.66. The van der Waals surface area contributed by atoms with Gasteiger partial charge in [-0.05, 0) is 69.6 Å². The predicted molar refractivity (Wildman–Crippen MR) is 105 cm³/mol. The predicted octanol–water partition coefficient (Wildman–Crippen LogP) is 3.52. The van der Waals surface area contributed by atoms with Gasteiger partial charge in [-0.15, -0.1) is 0 Å². The third-order valence-corrected chi connectivity index (χ3v) is 5.80. The number of hydrogen-bond donors (Lipinski definition) is 0. The first-order chi connectivity index (χ1) is 12.5. The Kier molecular flexibility index (Phi) is 5.43. The van der Waals surface area contributed by atoms with Crippen molar-refractivity contribution in [1.82, 2.24) is 4.90 Å². The second kappa shape index (κ2) is 7.21. The maximum Gasteiger partial charge on any atom is 0.495 e. The van der Waals surface area contributed by atoms with Crippen molar-refractivity contribution < 1.29 is 18.5 Å². The fourth-order valence-electron chi connectivity index (χ4n) is 3.38. The van der Waals surface area contributed by atoms with Gasteiger partial charge in [-0.3, -0.25) is 4.79 Å². The summed E-state index contributed by atoms with van der Waals surface area (Å²) < 4.78 is 26.4. The summed E-state index contributed by atoms with van der Waals surface area (Å²) in [4.78, 5) is 14.6. The highest BCUT2D eigenvalue weighted by Gasteiger charge is 2.52. The molecule has 148 valence electrons. The Balaban J connectivity index is 1.88. The van der Waals surface area contributed by atoms with Gasteiger partial charge in [-0.1, -0.05) is 19.9 Å². The number of benzene rings is 1. The Labute approximate surface area is 162 Å². The van der Waals surface area contributed by atoms with Crippen LogP contribution in [0.5, 0.6) is 0 Å². The zero-order valence-corrected chi connectivity index (χ0v) is 17.3. The smallest absolute Gasteiger partial charge is 0.399 e. The molecule has 4 nitrogen and oxygen atoms in total. The SMILES string of the molecule is CC(C)CN(Cc1cc(F)ccc1B1OC(C)(C)C(C)(C)O1)C(=O)C1CC1. The quantitative estimate of drug-likeness (QED) is 0.715. The first-order valence-corrected chi connectivity index (χ1v) is 9.93. The van der Waals surface area contributed by atoms with Crippen LogP contribution in [0.1, 0.15) is 59.9 Å². The summed E-state index contributed by atoms with van der Waals surface area (Å²) in [5.41, 5.74) is 0.616. The molecule has 27 heavy (non-hydrogen) atoms. The third kappa shape index (κ3) is 4.38. The average Bonchev–Trinajstić information content (AvgIpc) is 3.33. The van der Waals surface area contributed by atoms with Crippen LogP contribution in [0.2, 0.25) is 0 Å². The van der Waals surface area contributed by atoms with E-state index in [2.05, 4.69) is 13.8 Å². The largest absolute Gasteiger partial charge is 0.495 e. The van der Waals surface area contributed by atoms with Crippen LogP contribution in [0.4, 0.5) is 4.39 Å². The van der Waals surface area contributed by atoms with Crippen LogP contribution < -0.4 is 5.46 Å². The van der Waals surface area contributed by atoms with Gasteiger partial charge in [-0.2, -0.15) is 0 Å². The first-order valence-electron chi connectivity index (χ1n) is 9.93. The first kappa shape index (κ1) is 20.3. The second-order valence-corrected chi connectivity index (χ2v) is 9.32. The molecule has 0 atom stereocenters. The maximum absolute atomic E-state index is 14.0. The molecular weight excluding hydrogens is 344 g/mol. The lowest BCUT2D eigenvalue weighted by molar-refractivity contribution is -0.133. The van der Waals surface area contributed by atoms with Crippen LogP contribution in [0.3, 0.4) is 0 Å². The Morgan fingerprint density at radius 3 is 2.33 bits per heavy atom. The lowest BCUT2D eigenvalue weighted by atomic mass is 9.75. The van der Waals surface area contributed by atoms with Crippen molar-refractivity contribution in [2.24, 2.45) is 11.8 Å². The van der Waals surface area contributed by atoms with E-state index in [1.54, 1.807) is 6.07 Å². The van der Waals surface area contributed by atoms with E-state index in [1.807, 2.05) is 32.6 Å². The van der Waals surface area contributed by atoms with Gasteiger partial charge in [0, 0.05) is 19.0 Å². The van der Waals surface area contributed by atoms with Gasteiger partial charge in [0.1, 0.15) is 5.82 Å². The van der Waals surface area contributed by atoms with E-state index in [0.717, 1.165) is 23.9 Å². The van der Waals surface area contributed by atoms with E-state index in [1.165, 1.54) is 12.1 Å². The number of hydrogen-bond acceptors (Lipinski definition) is 3. The van der Waals surface area contributed by atoms with E-state index in [0.29, 0.717) is 19.0 Å². The zero-order valence-electron chi connectivity index (χ0n) is 17.3. The molecule has 0 N–H and O–H groups in total. The van der Waals surface area contributed by atoms with Crippen molar-refractivity contribution in [3.63, 3.8) is 0 Å². The summed E-state index contributed by atoms with van der Waals surface area (Å²) in [7, 11) is -0.567. The molecule has 0 spiro atoms. The number of rotatable bonds is 6. The molecule has 2 aliphatic rings. The molecule has 1 saturated heterocycles. The molecule has 1 aliphatic heterocycles. The number of carbonyl (C=O) groups is 1. The summed E-state index contributed by atoms with van der Waals surface area (Å²) in [6.07, 6.45) is 1.92. The lowest BCUT2D eigenvalue weighted by Gasteiger charge is -2.32. The molecule has 6 heteroatoms. The van der Waals surface area contributed by atoms with E-state index in [-0.39, 0.29) is 17.6 Å². The van der Waals surface area contributed by atoms with Crippen molar-refractivity contribution >= 4 is 18.5 Å². The fourth-order valence-corrected chi connectivity index (χ4v) is 3.38. The van der Waals surface area contributed by atoms with Crippen LogP contribution in [0.15, 0.2) is 18.2 Å². The molecule has 2 fully saturated rings. The Morgan fingerprint density at radius 2 is 1.81 bits per heavy atom. The van der Waals surface area contributed by atoms with E-state index >= 15 is 0 Å². The molecule has 0 radical (unpaired) electrons. The highest BCUT2D eigenvalue weighted by Crippen LogP contribution is 2.37. The summed E-state index contributed by atoms with van der Waals surface area (Å²) in [6.45, 7) is 13.2. The molecular formula is C21H31BFNO3.